The minimum Gasteiger partial charge on any atom is -0.328 e. The molecule has 1 aromatic carbocycles. The molecule has 0 spiro atoms. The van der Waals surface area contributed by atoms with E-state index < -0.39 is 0 Å². The topological polar surface area (TPSA) is 52.0 Å². The molecule has 2 unspecified atom stereocenters. The minimum absolute atomic E-state index is 0.0394. The van der Waals surface area contributed by atoms with Crippen LogP contribution < -0.4 is 11.5 Å². The molecule has 0 amide bonds. The molecule has 1 rings (SSSR count). The van der Waals surface area contributed by atoms with E-state index in [9.17, 15) is 0 Å². The fraction of sp³-hybridized carbons (Fsp3) is 0.400. The second-order valence-corrected chi connectivity index (χ2v) is 4.29. The van der Waals surface area contributed by atoms with Crippen LogP contribution in [0.4, 0.5) is 0 Å². The van der Waals surface area contributed by atoms with E-state index in [0.717, 1.165) is 16.5 Å². The lowest BCUT2D eigenvalue weighted by atomic mass is 10.0. The van der Waals surface area contributed by atoms with Crippen LogP contribution in [0.5, 0.6) is 0 Å². The van der Waals surface area contributed by atoms with Gasteiger partial charge >= 0.3 is 0 Å². The van der Waals surface area contributed by atoms with Crippen molar-refractivity contribution in [3.05, 3.63) is 34.3 Å². The third-order valence-corrected chi connectivity index (χ3v) is 2.40. The smallest absolute Gasteiger partial charge is 0.0309 e. The zero-order valence-corrected chi connectivity index (χ0v) is 9.29. The van der Waals surface area contributed by atoms with Crippen molar-refractivity contribution in [2.75, 3.05) is 0 Å². The molecule has 2 atom stereocenters. The maximum absolute atomic E-state index is 5.96. The lowest BCUT2D eigenvalue weighted by Crippen LogP contribution is -2.23. The quantitative estimate of drug-likeness (QED) is 0.854. The Morgan fingerprint density at radius 2 is 2.08 bits per heavy atom. The van der Waals surface area contributed by atoms with Crippen LogP contribution in [0.15, 0.2) is 28.7 Å². The van der Waals surface area contributed by atoms with Crippen LogP contribution in [0.1, 0.15) is 24.9 Å². The molecule has 0 heterocycles. The summed E-state index contributed by atoms with van der Waals surface area (Å²) in [6.45, 7) is 1.97. The van der Waals surface area contributed by atoms with Crippen LogP contribution in [-0.2, 0) is 0 Å². The van der Waals surface area contributed by atoms with E-state index in [1.807, 2.05) is 31.2 Å². The summed E-state index contributed by atoms with van der Waals surface area (Å²) in [5.74, 6) is 0. The van der Waals surface area contributed by atoms with Gasteiger partial charge in [-0.1, -0.05) is 28.1 Å². The predicted octanol–water partition coefficient (Wildman–Crippen LogP) is 2.19. The Morgan fingerprint density at radius 1 is 1.38 bits per heavy atom. The van der Waals surface area contributed by atoms with Gasteiger partial charge in [0.2, 0.25) is 0 Å². The summed E-state index contributed by atoms with van der Waals surface area (Å²) in [5.41, 5.74) is 12.8. The monoisotopic (exact) mass is 242 g/mol. The van der Waals surface area contributed by atoms with Gasteiger partial charge in [0.1, 0.15) is 0 Å². The van der Waals surface area contributed by atoms with Crippen molar-refractivity contribution in [1.29, 1.82) is 0 Å². The molecule has 72 valence electrons. The summed E-state index contributed by atoms with van der Waals surface area (Å²) in [5, 5.41) is 0. The Hall–Kier alpha value is -0.380. The van der Waals surface area contributed by atoms with Gasteiger partial charge in [-0.3, -0.25) is 0 Å². The maximum atomic E-state index is 5.96. The van der Waals surface area contributed by atoms with Crippen LogP contribution in [0.3, 0.4) is 0 Å². The molecule has 0 radical (unpaired) electrons. The number of rotatable bonds is 3. The summed E-state index contributed by atoms with van der Waals surface area (Å²) in [7, 11) is 0. The second kappa shape index (κ2) is 4.74. The van der Waals surface area contributed by atoms with E-state index >= 15 is 0 Å². The van der Waals surface area contributed by atoms with Crippen molar-refractivity contribution in [3.63, 3.8) is 0 Å². The zero-order valence-electron chi connectivity index (χ0n) is 7.70. The van der Waals surface area contributed by atoms with Gasteiger partial charge in [-0.2, -0.15) is 0 Å². The van der Waals surface area contributed by atoms with Gasteiger partial charge in [0, 0.05) is 16.6 Å². The number of hydrogen-bond acceptors (Lipinski definition) is 2. The summed E-state index contributed by atoms with van der Waals surface area (Å²) >= 11 is 3.41. The van der Waals surface area contributed by atoms with E-state index in [4.69, 9.17) is 11.5 Å². The van der Waals surface area contributed by atoms with Gasteiger partial charge in [-0.15, -0.1) is 0 Å². The largest absolute Gasteiger partial charge is 0.328 e. The summed E-state index contributed by atoms with van der Waals surface area (Å²) in [4.78, 5) is 0. The molecule has 0 aliphatic carbocycles. The fourth-order valence-electron chi connectivity index (χ4n) is 1.27. The highest BCUT2D eigenvalue weighted by Gasteiger charge is 2.07. The van der Waals surface area contributed by atoms with Crippen molar-refractivity contribution in [3.8, 4) is 0 Å². The van der Waals surface area contributed by atoms with Gasteiger partial charge in [-0.05, 0) is 31.0 Å². The maximum Gasteiger partial charge on any atom is 0.0309 e. The first-order valence-corrected chi connectivity index (χ1v) is 5.15. The highest BCUT2D eigenvalue weighted by molar-refractivity contribution is 9.10. The average molecular weight is 243 g/mol. The van der Waals surface area contributed by atoms with Crippen LogP contribution in [0.2, 0.25) is 0 Å². The molecule has 0 aromatic heterocycles. The number of halogens is 1. The van der Waals surface area contributed by atoms with Gasteiger partial charge in [-0.25, -0.2) is 0 Å². The average Bonchev–Trinajstić information content (AvgIpc) is 2.03. The summed E-state index contributed by atoms with van der Waals surface area (Å²) < 4.78 is 1.06. The van der Waals surface area contributed by atoms with Crippen LogP contribution in [-0.4, -0.2) is 6.04 Å². The molecule has 0 bridgehead atoms. The Bertz CT molecular complexity index is 273. The highest BCUT2D eigenvalue weighted by atomic mass is 79.9. The summed E-state index contributed by atoms with van der Waals surface area (Å²) in [6, 6.07) is 8.22. The van der Waals surface area contributed by atoms with E-state index in [-0.39, 0.29) is 12.1 Å². The Kier molecular flexibility index (Phi) is 3.90. The zero-order chi connectivity index (χ0) is 9.84. The predicted molar refractivity (Wildman–Crippen MR) is 59.3 cm³/mol. The van der Waals surface area contributed by atoms with Crippen LogP contribution in [0, 0.1) is 0 Å². The number of benzene rings is 1. The molecule has 0 fully saturated rings. The Balaban J connectivity index is 2.71. The van der Waals surface area contributed by atoms with Gasteiger partial charge in [0.15, 0.2) is 0 Å². The SMILES string of the molecule is CC(N)CC(N)c1cccc(Br)c1. The van der Waals surface area contributed by atoms with E-state index in [0.29, 0.717) is 0 Å². The summed E-state index contributed by atoms with van der Waals surface area (Å²) in [6.07, 6.45) is 0.816. The molecular formula is C10H15BrN2. The number of hydrogen-bond donors (Lipinski definition) is 2. The fourth-order valence-corrected chi connectivity index (χ4v) is 1.69. The van der Waals surface area contributed by atoms with E-state index in [1.165, 1.54) is 0 Å². The Labute approximate surface area is 87.4 Å². The highest BCUT2D eigenvalue weighted by Crippen LogP contribution is 2.19. The molecule has 4 N–H and O–H groups in total. The van der Waals surface area contributed by atoms with Crippen molar-refractivity contribution in [2.45, 2.75) is 25.4 Å². The molecule has 0 aliphatic rings. The lowest BCUT2D eigenvalue weighted by molar-refractivity contribution is 0.568. The first-order chi connectivity index (χ1) is 6.09. The molecule has 0 saturated heterocycles. The normalized spacial score (nSPS) is 15.4. The molecule has 0 aliphatic heterocycles. The first kappa shape index (κ1) is 10.7. The second-order valence-electron chi connectivity index (χ2n) is 3.37. The van der Waals surface area contributed by atoms with E-state index in [2.05, 4.69) is 15.9 Å². The van der Waals surface area contributed by atoms with E-state index in [1.54, 1.807) is 0 Å². The molecule has 2 nitrogen and oxygen atoms in total. The lowest BCUT2D eigenvalue weighted by Gasteiger charge is -2.14. The Morgan fingerprint density at radius 3 is 2.62 bits per heavy atom. The van der Waals surface area contributed by atoms with Crippen LogP contribution in [0.25, 0.3) is 0 Å². The van der Waals surface area contributed by atoms with Crippen molar-refractivity contribution < 1.29 is 0 Å². The third-order valence-electron chi connectivity index (χ3n) is 1.90. The molecule has 13 heavy (non-hydrogen) atoms. The number of nitrogens with two attached hydrogens (primary N) is 2. The molecule has 3 heteroatoms. The van der Waals surface area contributed by atoms with Crippen molar-refractivity contribution in [2.24, 2.45) is 11.5 Å². The first-order valence-electron chi connectivity index (χ1n) is 4.36. The van der Waals surface area contributed by atoms with Crippen LogP contribution >= 0.6 is 15.9 Å². The molecular weight excluding hydrogens is 228 g/mol. The third kappa shape index (κ3) is 3.46. The van der Waals surface area contributed by atoms with Crippen molar-refractivity contribution in [1.82, 2.24) is 0 Å². The van der Waals surface area contributed by atoms with Gasteiger partial charge in [0.25, 0.3) is 0 Å². The molecule has 1 aromatic rings. The standard InChI is InChI=1S/C10H15BrN2/c1-7(12)5-10(13)8-3-2-4-9(11)6-8/h2-4,6-7,10H,5,12-13H2,1H3. The van der Waals surface area contributed by atoms with Gasteiger partial charge < -0.3 is 11.5 Å². The minimum atomic E-state index is 0.0394. The van der Waals surface area contributed by atoms with Crippen molar-refractivity contribution >= 4 is 15.9 Å². The molecule has 0 saturated carbocycles. The van der Waals surface area contributed by atoms with Gasteiger partial charge in [0.05, 0.1) is 0 Å².